The summed E-state index contributed by atoms with van der Waals surface area (Å²) < 4.78 is 2.21. The summed E-state index contributed by atoms with van der Waals surface area (Å²) in [5.74, 6) is 0. The summed E-state index contributed by atoms with van der Waals surface area (Å²) in [5.41, 5.74) is 2.04. The Morgan fingerprint density at radius 3 is 2.75 bits per heavy atom. The Kier molecular flexibility index (Phi) is 5.44. The molecule has 2 aromatic rings. The zero-order chi connectivity index (χ0) is 14.5. The average molecular weight is 294 g/mol. The van der Waals surface area contributed by atoms with Gasteiger partial charge in [-0.1, -0.05) is 31.5 Å². The van der Waals surface area contributed by atoms with Crippen LogP contribution in [-0.2, 0) is 0 Å². The van der Waals surface area contributed by atoms with Crippen molar-refractivity contribution in [1.29, 1.82) is 0 Å². The van der Waals surface area contributed by atoms with Gasteiger partial charge in [0, 0.05) is 6.04 Å². The minimum Gasteiger partial charge on any atom is -0.327 e. The van der Waals surface area contributed by atoms with Crippen LogP contribution in [0.1, 0.15) is 39.7 Å². The van der Waals surface area contributed by atoms with Gasteiger partial charge in [-0.2, -0.15) is 0 Å². The molecule has 0 bridgehead atoms. The van der Waals surface area contributed by atoms with Crippen LogP contribution < -0.4 is 0 Å². The first-order chi connectivity index (χ1) is 9.67. The van der Waals surface area contributed by atoms with Crippen LogP contribution in [0.15, 0.2) is 24.5 Å². The van der Waals surface area contributed by atoms with E-state index in [1.54, 1.807) is 0 Å². The second kappa shape index (κ2) is 7.09. The quantitative estimate of drug-likeness (QED) is 0.756. The minimum atomic E-state index is 0.426. The SMILES string of the molecule is CCN(CC)CCCC(C)n1cnc2cccc(Cl)c21. The standard InChI is InChI=1S/C16H24ClN3/c1-4-19(5-2)11-7-8-13(3)20-12-18-15-10-6-9-14(17)16(15)20/h6,9-10,12-13H,4-5,7-8,11H2,1-3H3. The van der Waals surface area contributed by atoms with E-state index in [1.165, 1.54) is 6.42 Å². The maximum atomic E-state index is 6.31. The van der Waals surface area contributed by atoms with E-state index in [2.05, 4.69) is 35.2 Å². The molecule has 3 nitrogen and oxygen atoms in total. The Balaban J connectivity index is 2.03. The van der Waals surface area contributed by atoms with Crippen molar-refractivity contribution in [3.05, 3.63) is 29.5 Å². The van der Waals surface area contributed by atoms with E-state index < -0.39 is 0 Å². The third kappa shape index (κ3) is 3.33. The molecule has 0 saturated carbocycles. The molecule has 0 fully saturated rings. The lowest BCUT2D eigenvalue weighted by Gasteiger charge is -2.20. The second-order valence-corrected chi connectivity index (χ2v) is 5.68. The molecule has 2 rings (SSSR count). The Hall–Kier alpha value is -1.06. The maximum absolute atomic E-state index is 6.31. The van der Waals surface area contributed by atoms with Gasteiger partial charge in [-0.3, -0.25) is 0 Å². The summed E-state index contributed by atoms with van der Waals surface area (Å²) in [6, 6.07) is 6.33. The van der Waals surface area contributed by atoms with E-state index in [9.17, 15) is 0 Å². The number of imidazole rings is 1. The van der Waals surface area contributed by atoms with Gasteiger partial charge >= 0.3 is 0 Å². The number of nitrogens with zero attached hydrogens (tertiary/aromatic N) is 3. The fraction of sp³-hybridized carbons (Fsp3) is 0.562. The molecule has 1 aromatic carbocycles. The van der Waals surface area contributed by atoms with Crippen LogP contribution in [0.2, 0.25) is 5.02 Å². The van der Waals surface area contributed by atoms with Crippen LogP contribution in [0.4, 0.5) is 0 Å². The number of para-hydroxylation sites is 1. The van der Waals surface area contributed by atoms with Crippen molar-refractivity contribution in [2.24, 2.45) is 0 Å². The summed E-state index contributed by atoms with van der Waals surface area (Å²) in [6.07, 6.45) is 4.26. The van der Waals surface area contributed by atoms with Crippen LogP contribution in [0.5, 0.6) is 0 Å². The first-order valence-corrected chi connectivity index (χ1v) is 7.88. The van der Waals surface area contributed by atoms with Crippen molar-refractivity contribution in [2.75, 3.05) is 19.6 Å². The molecule has 4 heteroatoms. The molecule has 1 heterocycles. The lowest BCUT2D eigenvalue weighted by Crippen LogP contribution is -2.24. The minimum absolute atomic E-state index is 0.426. The van der Waals surface area contributed by atoms with E-state index in [1.807, 2.05) is 24.5 Å². The number of aromatic nitrogens is 2. The van der Waals surface area contributed by atoms with Gasteiger partial charge in [0.1, 0.15) is 0 Å². The fourth-order valence-corrected chi connectivity index (χ4v) is 2.94. The summed E-state index contributed by atoms with van der Waals surface area (Å²) in [6.45, 7) is 10.1. The van der Waals surface area contributed by atoms with E-state index in [0.717, 1.165) is 42.1 Å². The number of halogens is 1. The normalized spacial score (nSPS) is 13.2. The molecule has 0 saturated heterocycles. The van der Waals surface area contributed by atoms with Crippen molar-refractivity contribution in [3.63, 3.8) is 0 Å². The summed E-state index contributed by atoms with van der Waals surface area (Å²) >= 11 is 6.31. The number of hydrogen-bond donors (Lipinski definition) is 0. The summed E-state index contributed by atoms with van der Waals surface area (Å²) in [5, 5.41) is 0.788. The molecule has 0 aliphatic carbocycles. The molecule has 0 aliphatic rings. The number of hydrogen-bond acceptors (Lipinski definition) is 2. The molecule has 0 amide bonds. The smallest absolute Gasteiger partial charge is 0.0961 e. The molecular formula is C16H24ClN3. The number of fused-ring (bicyclic) bond motifs is 1. The molecule has 0 radical (unpaired) electrons. The van der Waals surface area contributed by atoms with Gasteiger partial charge in [0.05, 0.1) is 22.4 Å². The first-order valence-electron chi connectivity index (χ1n) is 7.50. The zero-order valence-electron chi connectivity index (χ0n) is 12.6. The van der Waals surface area contributed by atoms with E-state index in [4.69, 9.17) is 11.6 Å². The molecule has 1 aromatic heterocycles. The average Bonchev–Trinajstić information content (AvgIpc) is 2.89. The van der Waals surface area contributed by atoms with Crippen LogP contribution in [-0.4, -0.2) is 34.1 Å². The Morgan fingerprint density at radius 1 is 1.30 bits per heavy atom. The van der Waals surface area contributed by atoms with Gasteiger partial charge in [-0.15, -0.1) is 0 Å². The number of rotatable bonds is 7. The molecule has 0 N–H and O–H groups in total. The predicted molar refractivity (Wildman–Crippen MR) is 86.5 cm³/mol. The predicted octanol–water partition coefficient (Wildman–Crippen LogP) is 4.37. The molecule has 0 aliphatic heterocycles. The van der Waals surface area contributed by atoms with Crippen molar-refractivity contribution in [1.82, 2.24) is 14.5 Å². The Morgan fingerprint density at radius 2 is 2.05 bits per heavy atom. The van der Waals surface area contributed by atoms with Crippen LogP contribution in [0.3, 0.4) is 0 Å². The molecular weight excluding hydrogens is 270 g/mol. The zero-order valence-corrected chi connectivity index (χ0v) is 13.4. The molecule has 0 spiro atoms. The second-order valence-electron chi connectivity index (χ2n) is 5.28. The van der Waals surface area contributed by atoms with Gasteiger partial charge < -0.3 is 9.47 Å². The fourth-order valence-electron chi connectivity index (χ4n) is 2.67. The van der Waals surface area contributed by atoms with Crippen molar-refractivity contribution >= 4 is 22.6 Å². The van der Waals surface area contributed by atoms with Gasteiger partial charge in [0.25, 0.3) is 0 Å². The van der Waals surface area contributed by atoms with Gasteiger partial charge in [-0.05, 0) is 51.5 Å². The largest absolute Gasteiger partial charge is 0.327 e. The maximum Gasteiger partial charge on any atom is 0.0961 e. The van der Waals surface area contributed by atoms with Gasteiger partial charge in [0.15, 0.2) is 0 Å². The highest BCUT2D eigenvalue weighted by molar-refractivity contribution is 6.34. The number of benzene rings is 1. The summed E-state index contributed by atoms with van der Waals surface area (Å²) in [7, 11) is 0. The molecule has 1 atom stereocenters. The van der Waals surface area contributed by atoms with Crippen LogP contribution in [0, 0.1) is 0 Å². The van der Waals surface area contributed by atoms with Gasteiger partial charge in [-0.25, -0.2) is 4.98 Å². The van der Waals surface area contributed by atoms with Crippen LogP contribution in [0.25, 0.3) is 11.0 Å². The first kappa shape index (κ1) is 15.3. The Bertz CT molecular complexity index is 546. The van der Waals surface area contributed by atoms with E-state index >= 15 is 0 Å². The van der Waals surface area contributed by atoms with E-state index in [0.29, 0.717) is 6.04 Å². The highest BCUT2D eigenvalue weighted by Gasteiger charge is 2.12. The molecule has 1 unspecified atom stereocenters. The molecule has 20 heavy (non-hydrogen) atoms. The topological polar surface area (TPSA) is 21.1 Å². The molecule has 110 valence electrons. The summed E-state index contributed by atoms with van der Waals surface area (Å²) in [4.78, 5) is 6.91. The lowest BCUT2D eigenvalue weighted by atomic mass is 10.1. The highest BCUT2D eigenvalue weighted by atomic mass is 35.5. The van der Waals surface area contributed by atoms with Gasteiger partial charge in [0.2, 0.25) is 0 Å². The third-order valence-electron chi connectivity index (χ3n) is 4.01. The van der Waals surface area contributed by atoms with Crippen molar-refractivity contribution < 1.29 is 0 Å². The lowest BCUT2D eigenvalue weighted by molar-refractivity contribution is 0.289. The highest BCUT2D eigenvalue weighted by Crippen LogP contribution is 2.26. The Labute approximate surface area is 126 Å². The third-order valence-corrected chi connectivity index (χ3v) is 4.32. The van der Waals surface area contributed by atoms with Crippen LogP contribution >= 0.6 is 11.6 Å². The van der Waals surface area contributed by atoms with Crippen molar-refractivity contribution in [2.45, 2.75) is 39.7 Å². The monoisotopic (exact) mass is 293 g/mol. The van der Waals surface area contributed by atoms with Crippen molar-refractivity contribution in [3.8, 4) is 0 Å². The van der Waals surface area contributed by atoms with E-state index in [-0.39, 0.29) is 0 Å².